The minimum Gasteiger partial charge on any atom is -0.467 e. The fraction of sp³-hybridized carbons (Fsp3) is 0.474. The molecule has 27 heavy (non-hydrogen) atoms. The van der Waals surface area contributed by atoms with Gasteiger partial charge in [-0.2, -0.15) is 0 Å². The quantitative estimate of drug-likeness (QED) is 0.579. The molecule has 3 rings (SSSR count). The predicted molar refractivity (Wildman–Crippen MR) is 94.1 cm³/mol. The molecule has 1 aromatic carbocycles. The van der Waals surface area contributed by atoms with Crippen molar-refractivity contribution in [2.24, 2.45) is 0 Å². The van der Waals surface area contributed by atoms with Gasteiger partial charge in [0.1, 0.15) is 11.6 Å². The molecule has 0 aliphatic carbocycles. The van der Waals surface area contributed by atoms with Gasteiger partial charge < -0.3 is 9.47 Å². The molecule has 0 radical (unpaired) electrons. The van der Waals surface area contributed by atoms with Crippen molar-refractivity contribution >= 4 is 23.9 Å². The molecule has 0 N–H and O–H groups in total. The van der Waals surface area contributed by atoms with Gasteiger partial charge in [0, 0.05) is 13.0 Å². The summed E-state index contributed by atoms with van der Waals surface area (Å²) in [7, 11) is 1.23. The van der Waals surface area contributed by atoms with E-state index in [0.717, 1.165) is 4.90 Å². The van der Waals surface area contributed by atoms with Crippen LogP contribution in [0.4, 0.5) is 4.79 Å². The highest BCUT2D eigenvalue weighted by atomic mass is 16.6. The molecule has 2 atom stereocenters. The zero-order valence-electron chi connectivity index (χ0n) is 15.7. The van der Waals surface area contributed by atoms with E-state index in [0.29, 0.717) is 11.1 Å². The number of fused-ring (bicyclic) bond motifs is 1. The maximum atomic E-state index is 12.7. The van der Waals surface area contributed by atoms with E-state index in [-0.39, 0.29) is 13.0 Å². The van der Waals surface area contributed by atoms with Gasteiger partial charge in [0.15, 0.2) is 0 Å². The highest BCUT2D eigenvalue weighted by Crippen LogP contribution is 2.31. The average Bonchev–Trinajstić information content (AvgIpc) is 3.14. The monoisotopic (exact) mass is 374 g/mol. The molecule has 0 spiro atoms. The number of likely N-dealkylation sites (tertiary alicyclic amines) is 1. The third-order valence-corrected chi connectivity index (χ3v) is 4.57. The Morgan fingerprint density at radius 1 is 1.07 bits per heavy atom. The van der Waals surface area contributed by atoms with Crippen molar-refractivity contribution < 1.29 is 28.7 Å². The molecule has 8 heteroatoms. The molecular formula is C19H22N2O6. The molecule has 2 heterocycles. The maximum Gasteiger partial charge on any atom is 0.411 e. The van der Waals surface area contributed by atoms with Crippen molar-refractivity contribution in [1.82, 2.24) is 9.80 Å². The summed E-state index contributed by atoms with van der Waals surface area (Å²) < 4.78 is 10.2. The van der Waals surface area contributed by atoms with Crippen molar-refractivity contribution in [2.75, 3.05) is 13.7 Å². The van der Waals surface area contributed by atoms with Crippen molar-refractivity contribution in [3.8, 4) is 0 Å². The Morgan fingerprint density at radius 3 is 2.11 bits per heavy atom. The second-order valence-corrected chi connectivity index (χ2v) is 7.59. The first kappa shape index (κ1) is 18.9. The zero-order chi connectivity index (χ0) is 19.9. The Labute approximate surface area is 157 Å². The van der Waals surface area contributed by atoms with Crippen molar-refractivity contribution in [3.05, 3.63) is 35.4 Å². The van der Waals surface area contributed by atoms with Crippen LogP contribution in [0.5, 0.6) is 0 Å². The van der Waals surface area contributed by atoms with Crippen molar-refractivity contribution in [1.29, 1.82) is 0 Å². The minimum absolute atomic E-state index is 0.0140. The van der Waals surface area contributed by atoms with Gasteiger partial charge in [0.05, 0.1) is 24.3 Å². The van der Waals surface area contributed by atoms with Crippen LogP contribution in [0, 0.1) is 0 Å². The molecule has 144 valence electrons. The Kier molecular flexibility index (Phi) is 4.67. The fourth-order valence-electron chi connectivity index (χ4n) is 3.42. The van der Waals surface area contributed by atoms with Crippen molar-refractivity contribution in [2.45, 2.75) is 44.9 Å². The summed E-state index contributed by atoms with van der Waals surface area (Å²) in [6.07, 6.45) is -0.575. The van der Waals surface area contributed by atoms with Gasteiger partial charge in [-0.25, -0.2) is 9.59 Å². The zero-order valence-corrected chi connectivity index (χ0v) is 15.7. The van der Waals surface area contributed by atoms with Crippen LogP contribution in [-0.2, 0) is 14.3 Å². The lowest BCUT2D eigenvalue weighted by atomic mass is 10.1. The normalized spacial score (nSPS) is 22.1. The summed E-state index contributed by atoms with van der Waals surface area (Å²) >= 11 is 0. The van der Waals surface area contributed by atoms with Gasteiger partial charge in [-0.15, -0.1) is 0 Å². The van der Waals surface area contributed by atoms with Crippen LogP contribution < -0.4 is 0 Å². The lowest BCUT2D eigenvalue weighted by Gasteiger charge is -2.27. The van der Waals surface area contributed by atoms with Crippen LogP contribution in [0.3, 0.4) is 0 Å². The number of nitrogens with zero attached hydrogens (tertiary/aromatic N) is 2. The summed E-state index contributed by atoms with van der Waals surface area (Å²) in [6, 6.07) is 5.01. The van der Waals surface area contributed by atoms with Gasteiger partial charge in [-0.1, -0.05) is 12.1 Å². The molecule has 0 aromatic heterocycles. The average molecular weight is 374 g/mol. The number of hydrogen-bond acceptors (Lipinski definition) is 6. The number of hydrogen-bond donors (Lipinski definition) is 0. The number of esters is 1. The van der Waals surface area contributed by atoms with E-state index in [1.54, 1.807) is 45.0 Å². The number of benzene rings is 1. The molecule has 8 nitrogen and oxygen atoms in total. The fourth-order valence-corrected chi connectivity index (χ4v) is 3.42. The maximum absolute atomic E-state index is 12.7. The minimum atomic E-state index is -0.917. The third kappa shape index (κ3) is 3.39. The first-order valence-electron chi connectivity index (χ1n) is 8.68. The molecule has 1 aromatic rings. The molecule has 2 aliphatic heterocycles. The number of rotatable bonds is 2. The molecule has 0 bridgehead atoms. The summed E-state index contributed by atoms with van der Waals surface area (Å²) in [5.41, 5.74) is -0.0913. The van der Waals surface area contributed by atoms with Crippen molar-refractivity contribution in [3.63, 3.8) is 0 Å². The Bertz CT molecular complexity index is 778. The standard InChI is InChI=1S/C19H22N2O6/c1-19(2,3)27-18(25)20-10-11(9-14(20)17(24)26-4)21-15(22)12-7-5-6-8-13(12)16(21)23/h5-8,11,14H,9-10H2,1-4H3/t11-,14-/m0/s1. The van der Waals surface area contributed by atoms with Crippen LogP contribution >= 0.6 is 0 Å². The third-order valence-electron chi connectivity index (χ3n) is 4.57. The lowest BCUT2D eigenvalue weighted by molar-refractivity contribution is -0.145. The molecule has 0 saturated carbocycles. The van der Waals surface area contributed by atoms with Gasteiger partial charge in [0.25, 0.3) is 11.8 Å². The number of carbonyl (C=O) groups excluding carboxylic acids is 4. The Hall–Kier alpha value is -2.90. The highest BCUT2D eigenvalue weighted by Gasteiger charge is 2.49. The van der Waals surface area contributed by atoms with E-state index in [2.05, 4.69) is 0 Å². The number of methoxy groups -OCH3 is 1. The summed E-state index contributed by atoms with van der Waals surface area (Å²) in [5.74, 6) is -1.45. The van der Waals surface area contributed by atoms with Gasteiger partial charge >= 0.3 is 12.1 Å². The Morgan fingerprint density at radius 2 is 1.63 bits per heavy atom. The van der Waals surface area contributed by atoms with E-state index in [1.165, 1.54) is 12.0 Å². The molecule has 2 aliphatic rings. The van der Waals surface area contributed by atoms with E-state index < -0.39 is 41.6 Å². The number of amides is 3. The second-order valence-electron chi connectivity index (χ2n) is 7.59. The van der Waals surface area contributed by atoms with Crippen LogP contribution in [0.15, 0.2) is 24.3 Å². The van der Waals surface area contributed by atoms with Gasteiger partial charge in [-0.3, -0.25) is 19.4 Å². The van der Waals surface area contributed by atoms with Gasteiger partial charge in [-0.05, 0) is 32.9 Å². The molecule has 3 amide bonds. The Balaban J connectivity index is 1.86. The highest BCUT2D eigenvalue weighted by molar-refractivity contribution is 6.21. The lowest BCUT2D eigenvalue weighted by Crippen LogP contribution is -2.45. The van der Waals surface area contributed by atoms with E-state index >= 15 is 0 Å². The SMILES string of the molecule is COC(=O)[C@@H]1C[C@H](N2C(=O)c3ccccc3C2=O)CN1C(=O)OC(C)(C)C. The first-order chi connectivity index (χ1) is 12.6. The molecule has 0 unspecified atom stereocenters. The van der Waals surface area contributed by atoms with Crippen LogP contribution in [-0.4, -0.2) is 65.0 Å². The van der Waals surface area contributed by atoms with E-state index in [1.807, 2.05) is 0 Å². The topological polar surface area (TPSA) is 93.2 Å². The van der Waals surface area contributed by atoms with Crippen LogP contribution in [0.2, 0.25) is 0 Å². The van der Waals surface area contributed by atoms with Gasteiger partial charge in [0.2, 0.25) is 0 Å². The van der Waals surface area contributed by atoms with E-state index in [9.17, 15) is 19.2 Å². The number of ether oxygens (including phenoxy) is 2. The molecule has 1 saturated heterocycles. The molecular weight excluding hydrogens is 352 g/mol. The predicted octanol–water partition coefficient (Wildman–Crippen LogP) is 1.83. The van der Waals surface area contributed by atoms with Crippen LogP contribution in [0.25, 0.3) is 0 Å². The smallest absolute Gasteiger partial charge is 0.411 e. The van der Waals surface area contributed by atoms with E-state index in [4.69, 9.17) is 9.47 Å². The number of imide groups is 1. The second kappa shape index (κ2) is 6.68. The molecule has 1 fully saturated rings. The summed E-state index contributed by atoms with van der Waals surface area (Å²) in [5, 5.41) is 0. The summed E-state index contributed by atoms with van der Waals surface area (Å²) in [6.45, 7) is 5.17. The largest absolute Gasteiger partial charge is 0.467 e. The van der Waals surface area contributed by atoms with Crippen LogP contribution in [0.1, 0.15) is 47.9 Å². The summed E-state index contributed by atoms with van der Waals surface area (Å²) in [4.78, 5) is 52.5. The number of carbonyl (C=O) groups is 4. The first-order valence-corrected chi connectivity index (χ1v) is 8.68.